The van der Waals surface area contributed by atoms with Crippen LogP contribution < -0.4 is 15.4 Å². The molecule has 1 aromatic carbocycles. The van der Waals surface area contributed by atoms with Gasteiger partial charge in [0.15, 0.2) is 5.96 Å². The minimum atomic E-state index is -0.701. The second-order valence-electron chi connectivity index (χ2n) is 6.62. The number of nitrogens with zero attached hydrogens (tertiary/aromatic N) is 1. The molecule has 1 aliphatic rings. The summed E-state index contributed by atoms with van der Waals surface area (Å²) in [7, 11) is 1.00. The average Bonchev–Trinajstić information content (AvgIpc) is 2.68. The highest BCUT2D eigenvalue weighted by atomic mass is 127. The highest BCUT2D eigenvalue weighted by Gasteiger charge is 2.25. The van der Waals surface area contributed by atoms with Gasteiger partial charge in [-0.05, 0) is 44.2 Å². The van der Waals surface area contributed by atoms with E-state index in [1.54, 1.807) is 7.11 Å². The third kappa shape index (κ3) is 7.97. The molecule has 0 amide bonds. The zero-order chi connectivity index (χ0) is 18.8. The number of nitrogens with one attached hydrogen (secondary N) is 2. The second kappa shape index (κ2) is 13.4. The van der Waals surface area contributed by atoms with Gasteiger partial charge >= 0.3 is 0 Å². The minimum Gasteiger partial charge on any atom is -0.496 e. The van der Waals surface area contributed by atoms with Crippen LogP contribution in [0.2, 0.25) is 0 Å². The van der Waals surface area contributed by atoms with Gasteiger partial charge in [-0.1, -0.05) is 31.5 Å². The standard InChI is InChI=1S/C20H33N3O2S.HI/c1-4-21-20(22-14-13-16-9-6-7-12-19(16)25-3)23-17-10-8-11-18(15-17)26(24)5-2;/h6-7,9,12,17-18H,4-5,8,10-11,13-15H2,1-3H3,(H2,21,22,23);1H. The van der Waals surface area contributed by atoms with E-state index in [-0.39, 0.29) is 24.0 Å². The van der Waals surface area contributed by atoms with Crippen LogP contribution in [0.25, 0.3) is 0 Å². The maximum Gasteiger partial charge on any atom is 0.191 e. The second-order valence-corrected chi connectivity index (χ2v) is 8.63. The van der Waals surface area contributed by atoms with Crippen molar-refractivity contribution in [2.45, 2.75) is 57.2 Å². The Hall–Kier alpha value is -0.830. The highest BCUT2D eigenvalue weighted by Crippen LogP contribution is 2.23. The van der Waals surface area contributed by atoms with Gasteiger partial charge in [0, 0.05) is 40.9 Å². The van der Waals surface area contributed by atoms with Crippen LogP contribution in [0, 0.1) is 0 Å². The van der Waals surface area contributed by atoms with Crippen molar-refractivity contribution in [1.82, 2.24) is 10.6 Å². The molecule has 1 fully saturated rings. The van der Waals surface area contributed by atoms with Crippen LogP contribution >= 0.6 is 24.0 Å². The van der Waals surface area contributed by atoms with Gasteiger partial charge in [0.05, 0.1) is 7.11 Å². The van der Waals surface area contributed by atoms with E-state index in [0.717, 1.165) is 56.1 Å². The van der Waals surface area contributed by atoms with Crippen molar-refractivity contribution in [2.24, 2.45) is 4.99 Å². The predicted octanol–water partition coefficient (Wildman–Crippen LogP) is 3.49. The molecule has 154 valence electrons. The van der Waals surface area contributed by atoms with Crippen molar-refractivity contribution in [3.8, 4) is 5.75 Å². The lowest BCUT2D eigenvalue weighted by Gasteiger charge is -2.30. The van der Waals surface area contributed by atoms with Gasteiger partial charge in [0.25, 0.3) is 0 Å². The van der Waals surface area contributed by atoms with Crippen molar-refractivity contribution >= 4 is 40.7 Å². The number of ether oxygens (including phenoxy) is 1. The molecule has 0 radical (unpaired) electrons. The average molecular weight is 507 g/mol. The normalized spacial score (nSPS) is 21.1. The number of hydrogen-bond donors (Lipinski definition) is 2. The van der Waals surface area contributed by atoms with Crippen LogP contribution in [-0.2, 0) is 17.2 Å². The summed E-state index contributed by atoms with van der Waals surface area (Å²) in [5.41, 5.74) is 1.17. The molecule has 27 heavy (non-hydrogen) atoms. The number of rotatable bonds is 8. The molecule has 0 aliphatic heterocycles. The molecular formula is C20H34IN3O2S. The molecule has 0 heterocycles. The molecule has 2 rings (SSSR count). The molecular weight excluding hydrogens is 473 g/mol. The Bertz CT molecular complexity index is 613. The molecule has 0 spiro atoms. The van der Waals surface area contributed by atoms with Gasteiger partial charge < -0.3 is 15.4 Å². The molecule has 3 unspecified atom stereocenters. The van der Waals surface area contributed by atoms with E-state index in [4.69, 9.17) is 9.73 Å². The van der Waals surface area contributed by atoms with E-state index in [9.17, 15) is 4.21 Å². The van der Waals surface area contributed by atoms with Gasteiger partial charge in [0.2, 0.25) is 0 Å². The zero-order valence-corrected chi connectivity index (χ0v) is 19.8. The number of halogens is 1. The first-order chi connectivity index (χ1) is 12.7. The number of methoxy groups -OCH3 is 1. The molecule has 2 N–H and O–H groups in total. The Labute approximate surface area is 183 Å². The van der Waals surface area contributed by atoms with Crippen LogP contribution in [-0.4, -0.2) is 47.4 Å². The number of aliphatic imine (C=N–C) groups is 1. The van der Waals surface area contributed by atoms with Gasteiger partial charge in [-0.15, -0.1) is 24.0 Å². The molecule has 1 aliphatic carbocycles. The fourth-order valence-corrected chi connectivity index (χ4v) is 4.81. The van der Waals surface area contributed by atoms with Crippen molar-refractivity contribution < 1.29 is 8.95 Å². The molecule has 3 atom stereocenters. The molecule has 0 aromatic heterocycles. The smallest absolute Gasteiger partial charge is 0.191 e. The topological polar surface area (TPSA) is 62.7 Å². The maximum atomic E-state index is 12.1. The summed E-state index contributed by atoms with van der Waals surface area (Å²) in [6.45, 7) is 5.62. The van der Waals surface area contributed by atoms with Crippen molar-refractivity contribution in [3.63, 3.8) is 0 Å². The van der Waals surface area contributed by atoms with Crippen LogP contribution in [0.5, 0.6) is 5.75 Å². The van der Waals surface area contributed by atoms with E-state index in [2.05, 4.69) is 23.6 Å². The molecule has 1 aromatic rings. The first kappa shape index (κ1) is 24.2. The summed E-state index contributed by atoms with van der Waals surface area (Å²) >= 11 is 0. The molecule has 0 saturated heterocycles. The molecule has 5 nitrogen and oxygen atoms in total. The van der Waals surface area contributed by atoms with E-state index >= 15 is 0 Å². The Morgan fingerprint density at radius 2 is 2.07 bits per heavy atom. The van der Waals surface area contributed by atoms with E-state index in [1.165, 1.54) is 5.56 Å². The van der Waals surface area contributed by atoms with Crippen LogP contribution in [0.3, 0.4) is 0 Å². The van der Waals surface area contributed by atoms with Gasteiger partial charge in [0.1, 0.15) is 5.75 Å². The highest BCUT2D eigenvalue weighted by molar-refractivity contribution is 14.0. The van der Waals surface area contributed by atoms with Crippen molar-refractivity contribution in [2.75, 3.05) is 26.0 Å². The largest absolute Gasteiger partial charge is 0.496 e. The van der Waals surface area contributed by atoms with Crippen molar-refractivity contribution in [3.05, 3.63) is 29.8 Å². The van der Waals surface area contributed by atoms with Gasteiger partial charge in [-0.25, -0.2) is 0 Å². The molecule has 1 saturated carbocycles. The Morgan fingerprint density at radius 3 is 2.78 bits per heavy atom. The summed E-state index contributed by atoms with van der Waals surface area (Å²) in [5.74, 6) is 2.53. The lowest BCUT2D eigenvalue weighted by atomic mass is 9.95. The van der Waals surface area contributed by atoms with E-state index < -0.39 is 10.8 Å². The third-order valence-electron chi connectivity index (χ3n) is 4.81. The van der Waals surface area contributed by atoms with Crippen molar-refractivity contribution in [1.29, 1.82) is 0 Å². The maximum absolute atomic E-state index is 12.1. The number of benzene rings is 1. The summed E-state index contributed by atoms with van der Waals surface area (Å²) in [6, 6.07) is 8.44. The zero-order valence-electron chi connectivity index (χ0n) is 16.7. The predicted molar refractivity (Wildman–Crippen MR) is 126 cm³/mol. The van der Waals surface area contributed by atoms with Gasteiger partial charge in [-0.3, -0.25) is 9.20 Å². The number of hydrogen-bond acceptors (Lipinski definition) is 3. The molecule has 0 bridgehead atoms. The number of guanidine groups is 1. The van der Waals surface area contributed by atoms with Crippen LogP contribution in [0.4, 0.5) is 0 Å². The SMILES string of the molecule is CCNC(=NCCc1ccccc1OC)NC1CCCC(S(=O)CC)C1.I. The Kier molecular flexibility index (Phi) is 12.0. The molecule has 7 heteroatoms. The quantitative estimate of drug-likeness (QED) is 0.321. The fraction of sp³-hybridized carbons (Fsp3) is 0.650. The summed E-state index contributed by atoms with van der Waals surface area (Å²) < 4.78 is 17.5. The monoisotopic (exact) mass is 507 g/mol. The minimum absolute atomic E-state index is 0. The summed E-state index contributed by atoms with van der Waals surface area (Å²) in [6.07, 6.45) is 5.15. The Morgan fingerprint density at radius 1 is 1.30 bits per heavy atom. The number of para-hydroxylation sites is 1. The van der Waals surface area contributed by atoms with Gasteiger partial charge in [-0.2, -0.15) is 0 Å². The first-order valence-corrected chi connectivity index (χ1v) is 11.1. The fourth-order valence-electron chi connectivity index (χ4n) is 3.46. The summed E-state index contributed by atoms with van der Waals surface area (Å²) in [4.78, 5) is 4.73. The van der Waals surface area contributed by atoms with Crippen LogP contribution in [0.1, 0.15) is 45.1 Å². The van der Waals surface area contributed by atoms with E-state index in [0.29, 0.717) is 17.8 Å². The lowest BCUT2D eigenvalue weighted by Crippen LogP contribution is -2.46. The summed E-state index contributed by atoms with van der Waals surface area (Å²) in [5, 5.41) is 7.21. The van der Waals surface area contributed by atoms with Crippen LogP contribution in [0.15, 0.2) is 29.3 Å². The lowest BCUT2D eigenvalue weighted by molar-refractivity contribution is 0.409. The Balaban J connectivity index is 0.00000364. The first-order valence-electron chi connectivity index (χ1n) is 9.71. The third-order valence-corrected chi connectivity index (χ3v) is 6.55. The van der Waals surface area contributed by atoms with E-state index in [1.807, 2.05) is 25.1 Å².